The van der Waals surface area contributed by atoms with Gasteiger partial charge < -0.3 is 0 Å². The van der Waals surface area contributed by atoms with Crippen molar-refractivity contribution < 1.29 is 43.9 Å². The van der Waals surface area contributed by atoms with Crippen molar-refractivity contribution in [1.29, 1.82) is 0 Å². The van der Waals surface area contributed by atoms with Crippen LogP contribution in [0.15, 0.2) is 0 Å². The van der Waals surface area contributed by atoms with E-state index in [4.69, 9.17) is 11.6 Å². The second-order valence-electron chi connectivity index (χ2n) is 5.36. The van der Waals surface area contributed by atoms with E-state index >= 15 is 0 Å². The second kappa shape index (κ2) is 6.76. The first kappa shape index (κ1) is 20.6. The lowest BCUT2D eigenvalue weighted by Gasteiger charge is -2.28. The summed E-state index contributed by atoms with van der Waals surface area (Å²) in [7, 11) is -4.85. The van der Waals surface area contributed by atoms with Crippen LogP contribution in [0.5, 0.6) is 0 Å². The summed E-state index contributed by atoms with van der Waals surface area (Å²) < 4.78 is 136. The molecular weight excluding hydrogens is 422 g/mol. The number of hydrogen-bond acceptors (Lipinski definition) is 0. The predicted octanol–water partition coefficient (Wildman–Crippen LogP) is 4.05. The zero-order chi connectivity index (χ0) is 20.1. The highest BCUT2D eigenvalue weighted by Gasteiger charge is 2.46. The first-order valence-corrected chi connectivity index (χ1v) is 9.75. The summed E-state index contributed by atoms with van der Waals surface area (Å²) in [6, 6.07) is 0. The molecule has 0 radical (unpaired) electrons. The van der Waals surface area contributed by atoms with Gasteiger partial charge in [0.1, 0.15) is 8.07 Å². The maximum absolute atomic E-state index is 14.1. The molecule has 0 aromatic heterocycles. The molecule has 0 aliphatic heterocycles. The topological polar surface area (TPSA) is 0 Å². The number of halogens is 11. The van der Waals surface area contributed by atoms with Crippen LogP contribution < -0.4 is 10.4 Å². The molecule has 2 aromatic carbocycles. The Balaban J connectivity index is 3.03. The Morgan fingerprint density at radius 3 is 0.885 bits per heavy atom. The number of benzene rings is 2. The van der Waals surface area contributed by atoms with Crippen molar-refractivity contribution in [3.8, 4) is 0 Å². The van der Waals surface area contributed by atoms with E-state index in [9.17, 15) is 43.9 Å². The summed E-state index contributed by atoms with van der Waals surface area (Å²) in [6.07, 6.45) is 0. The van der Waals surface area contributed by atoms with Gasteiger partial charge in [0, 0.05) is 15.9 Å². The van der Waals surface area contributed by atoms with Gasteiger partial charge in [-0.1, -0.05) is 6.55 Å². The molecule has 2 aromatic rings. The van der Waals surface area contributed by atoms with Gasteiger partial charge in [0.15, 0.2) is 46.5 Å². The van der Waals surface area contributed by atoms with Crippen LogP contribution in [-0.2, 0) is 0 Å². The van der Waals surface area contributed by atoms with Gasteiger partial charge in [-0.25, -0.2) is 43.9 Å². The van der Waals surface area contributed by atoms with Crippen molar-refractivity contribution in [2.45, 2.75) is 6.55 Å². The zero-order valence-corrected chi connectivity index (χ0v) is 14.1. The van der Waals surface area contributed by atoms with E-state index in [1.807, 2.05) is 0 Å². The van der Waals surface area contributed by atoms with E-state index in [1.165, 1.54) is 0 Å². The van der Waals surface area contributed by atoms with Crippen LogP contribution in [0.1, 0.15) is 0 Å². The summed E-state index contributed by atoms with van der Waals surface area (Å²) >= 11 is 5.47. The molecule has 142 valence electrons. The van der Waals surface area contributed by atoms with Crippen LogP contribution in [0.2, 0.25) is 6.55 Å². The van der Waals surface area contributed by atoms with Crippen LogP contribution in [0, 0.1) is 58.2 Å². The molecule has 0 amide bonds. The Morgan fingerprint density at radius 2 is 0.692 bits per heavy atom. The van der Waals surface area contributed by atoms with Crippen molar-refractivity contribution in [3.63, 3.8) is 0 Å². The first-order chi connectivity index (χ1) is 11.9. The maximum Gasteiger partial charge on any atom is 0.200 e. The molecule has 0 aliphatic rings. The van der Waals surface area contributed by atoms with Gasteiger partial charge in [-0.2, -0.15) is 0 Å². The zero-order valence-electron chi connectivity index (χ0n) is 12.4. The quantitative estimate of drug-likeness (QED) is 0.228. The van der Waals surface area contributed by atoms with Crippen molar-refractivity contribution in [2.75, 3.05) is 5.50 Å². The summed E-state index contributed by atoms with van der Waals surface area (Å²) in [4.78, 5) is 0. The Bertz CT molecular complexity index is 786. The van der Waals surface area contributed by atoms with Crippen LogP contribution >= 0.6 is 11.6 Å². The predicted molar refractivity (Wildman–Crippen MR) is 74.1 cm³/mol. The molecule has 0 nitrogen and oxygen atoms in total. The minimum absolute atomic E-state index is 0.608. The maximum atomic E-state index is 14.1. The van der Waals surface area contributed by atoms with Crippen LogP contribution in [-0.4, -0.2) is 13.6 Å². The Labute approximate surface area is 145 Å². The lowest BCUT2D eigenvalue weighted by molar-refractivity contribution is 0.381. The van der Waals surface area contributed by atoms with E-state index in [1.54, 1.807) is 0 Å². The van der Waals surface area contributed by atoms with Crippen molar-refractivity contribution >= 4 is 30.0 Å². The normalized spacial score (nSPS) is 12.0. The largest absolute Gasteiger partial charge is 0.204 e. The summed E-state index contributed by atoms with van der Waals surface area (Å²) in [6.45, 7) is 0.608. The molecule has 26 heavy (non-hydrogen) atoms. The molecular formula is C14H5ClF10Si. The van der Waals surface area contributed by atoms with E-state index in [-0.39, 0.29) is 0 Å². The van der Waals surface area contributed by atoms with Gasteiger partial charge in [-0.05, 0) is 0 Å². The Kier molecular flexibility index (Phi) is 5.35. The molecule has 0 bridgehead atoms. The third-order valence-corrected chi connectivity index (χ3v) is 9.01. The molecule has 0 aliphatic carbocycles. The molecule has 0 atom stereocenters. The van der Waals surface area contributed by atoms with Gasteiger partial charge in [-0.3, -0.25) is 0 Å². The smallest absolute Gasteiger partial charge is 0.200 e. The molecule has 0 saturated carbocycles. The van der Waals surface area contributed by atoms with E-state index < -0.39 is 82.1 Å². The fraction of sp³-hybridized carbons (Fsp3) is 0.143. The third-order valence-electron chi connectivity index (χ3n) is 3.79. The van der Waals surface area contributed by atoms with Crippen LogP contribution in [0.3, 0.4) is 0 Å². The van der Waals surface area contributed by atoms with Gasteiger partial charge in [0.05, 0.1) is 0 Å². The lowest BCUT2D eigenvalue weighted by Crippen LogP contribution is -2.63. The molecule has 0 N–H and O–H groups in total. The monoisotopic (exact) mass is 426 g/mol. The van der Waals surface area contributed by atoms with E-state index in [2.05, 4.69) is 0 Å². The molecule has 0 saturated heterocycles. The SMILES string of the molecule is C[Si](CCl)(c1c(F)c(F)c(F)c(F)c1F)c1c(F)c(F)c(F)c(F)c1F. The Morgan fingerprint density at radius 1 is 0.500 bits per heavy atom. The number of alkyl halides is 1. The van der Waals surface area contributed by atoms with Crippen molar-refractivity contribution in [2.24, 2.45) is 0 Å². The Hall–Kier alpha value is -1.75. The van der Waals surface area contributed by atoms with Gasteiger partial charge in [0.2, 0.25) is 11.6 Å². The van der Waals surface area contributed by atoms with Crippen molar-refractivity contribution in [1.82, 2.24) is 0 Å². The fourth-order valence-corrected chi connectivity index (χ4v) is 6.13. The molecule has 0 fully saturated rings. The van der Waals surface area contributed by atoms with Crippen LogP contribution in [0.4, 0.5) is 43.9 Å². The molecule has 12 heteroatoms. The number of rotatable bonds is 3. The van der Waals surface area contributed by atoms with Gasteiger partial charge in [-0.15, -0.1) is 11.6 Å². The fourth-order valence-electron chi connectivity index (χ4n) is 2.44. The molecule has 2 rings (SSSR count). The highest BCUT2D eigenvalue weighted by molar-refractivity contribution is 7.04. The highest BCUT2D eigenvalue weighted by Crippen LogP contribution is 2.24. The lowest BCUT2D eigenvalue weighted by atomic mass is 10.3. The van der Waals surface area contributed by atoms with Crippen molar-refractivity contribution in [3.05, 3.63) is 58.2 Å². The average molecular weight is 427 g/mol. The molecule has 0 heterocycles. The van der Waals surface area contributed by atoms with E-state index in [0.29, 0.717) is 6.55 Å². The van der Waals surface area contributed by atoms with Gasteiger partial charge in [0.25, 0.3) is 0 Å². The highest BCUT2D eigenvalue weighted by atomic mass is 35.5. The summed E-state index contributed by atoms with van der Waals surface area (Å²) in [5.41, 5.74) is -1.15. The summed E-state index contributed by atoms with van der Waals surface area (Å²) in [5.74, 6) is -24.7. The standard InChI is InChI=1S/C14H5ClF10Si/c1-26(2-15,13-9(22)5(18)3(16)6(19)10(13)23)14-11(24)7(20)4(17)8(21)12(14)25/h2H2,1H3. The summed E-state index contributed by atoms with van der Waals surface area (Å²) in [5, 5.41) is -3.40. The minimum atomic E-state index is -4.85. The van der Waals surface area contributed by atoms with Crippen LogP contribution in [0.25, 0.3) is 0 Å². The molecule has 0 spiro atoms. The average Bonchev–Trinajstić information content (AvgIpc) is 2.61. The molecule has 0 unspecified atom stereocenters. The second-order valence-corrected chi connectivity index (χ2v) is 10.1. The number of hydrogen-bond donors (Lipinski definition) is 0. The third kappa shape index (κ3) is 2.68. The minimum Gasteiger partial charge on any atom is -0.204 e. The van der Waals surface area contributed by atoms with Gasteiger partial charge >= 0.3 is 0 Å². The van der Waals surface area contributed by atoms with E-state index in [0.717, 1.165) is 0 Å². The first-order valence-electron chi connectivity index (χ1n) is 6.51.